The number of pyridine rings is 2. The zero-order valence-electron chi connectivity index (χ0n) is 17.5. The fraction of sp³-hybridized carbons (Fsp3) is 0.192. The SMILES string of the molecule is CCC(C)c1ccc(NC(=O)c2cc(-c3ccncc3)nc3c(C)cccc23)cc1. The quantitative estimate of drug-likeness (QED) is 0.427. The first-order chi connectivity index (χ1) is 14.6. The van der Waals surface area contributed by atoms with Crippen LogP contribution in [0.1, 0.15) is 47.7 Å². The molecule has 1 N–H and O–H groups in total. The zero-order chi connectivity index (χ0) is 21.1. The number of hydrogen-bond acceptors (Lipinski definition) is 3. The fourth-order valence-electron chi connectivity index (χ4n) is 3.58. The Labute approximate surface area is 177 Å². The molecule has 0 spiro atoms. The van der Waals surface area contributed by atoms with Crippen LogP contribution in [0.2, 0.25) is 0 Å². The van der Waals surface area contributed by atoms with Gasteiger partial charge in [0.2, 0.25) is 0 Å². The van der Waals surface area contributed by atoms with E-state index in [2.05, 4.69) is 36.3 Å². The van der Waals surface area contributed by atoms with Gasteiger partial charge in [-0.1, -0.05) is 44.2 Å². The Hall–Kier alpha value is -3.53. The number of amides is 1. The van der Waals surface area contributed by atoms with E-state index in [1.165, 1.54) is 5.56 Å². The van der Waals surface area contributed by atoms with Gasteiger partial charge in [0.25, 0.3) is 5.91 Å². The summed E-state index contributed by atoms with van der Waals surface area (Å²) in [5.74, 6) is 0.365. The van der Waals surface area contributed by atoms with Gasteiger partial charge in [-0.25, -0.2) is 4.98 Å². The normalized spacial score (nSPS) is 12.0. The molecule has 0 aliphatic heterocycles. The van der Waals surface area contributed by atoms with E-state index in [9.17, 15) is 4.79 Å². The second-order valence-corrected chi connectivity index (χ2v) is 7.65. The zero-order valence-corrected chi connectivity index (χ0v) is 17.5. The topological polar surface area (TPSA) is 54.9 Å². The van der Waals surface area contributed by atoms with E-state index in [1.807, 2.05) is 55.5 Å². The minimum atomic E-state index is -0.139. The minimum absolute atomic E-state index is 0.139. The van der Waals surface area contributed by atoms with E-state index in [0.717, 1.165) is 39.8 Å². The number of benzene rings is 2. The summed E-state index contributed by atoms with van der Waals surface area (Å²) >= 11 is 0. The average Bonchev–Trinajstić information content (AvgIpc) is 2.79. The molecule has 4 aromatic rings. The predicted octanol–water partition coefficient (Wildman–Crippen LogP) is 6.37. The molecule has 0 aliphatic carbocycles. The number of nitrogens with one attached hydrogen (secondary N) is 1. The monoisotopic (exact) mass is 395 g/mol. The number of aryl methyl sites for hydroxylation is 1. The molecule has 2 aromatic heterocycles. The number of hydrogen-bond donors (Lipinski definition) is 1. The van der Waals surface area contributed by atoms with E-state index in [-0.39, 0.29) is 5.91 Å². The summed E-state index contributed by atoms with van der Waals surface area (Å²) in [4.78, 5) is 22.2. The van der Waals surface area contributed by atoms with Gasteiger partial charge >= 0.3 is 0 Å². The van der Waals surface area contributed by atoms with Gasteiger partial charge in [-0.2, -0.15) is 0 Å². The van der Waals surface area contributed by atoms with Gasteiger partial charge in [0.15, 0.2) is 0 Å². The van der Waals surface area contributed by atoms with E-state index in [0.29, 0.717) is 11.5 Å². The van der Waals surface area contributed by atoms with Gasteiger partial charge in [0.1, 0.15) is 0 Å². The summed E-state index contributed by atoms with van der Waals surface area (Å²) in [5, 5.41) is 3.90. The van der Waals surface area contributed by atoms with Crippen LogP contribution >= 0.6 is 0 Å². The van der Waals surface area contributed by atoms with Crippen LogP contribution in [-0.2, 0) is 0 Å². The molecule has 0 bridgehead atoms. The Kier molecular flexibility index (Phi) is 5.57. The molecular weight excluding hydrogens is 370 g/mol. The van der Waals surface area contributed by atoms with Crippen LogP contribution in [-0.4, -0.2) is 15.9 Å². The Morgan fingerprint density at radius 1 is 1.03 bits per heavy atom. The number of carbonyl (C=O) groups is 1. The van der Waals surface area contributed by atoms with Gasteiger partial charge in [-0.15, -0.1) is 0 Å². The molecule has 1 atom stereocenters. The van der Waals surface area contributed by atoms with Gasteiger partial charge in [-0.3, -0.25) is 9.78 Å². The van der Waals surface area contributed by atoms with Crippen molar-refractivity contribution < 1.29 is 4.79 Å². The fourth-order valence-corrected chi connectivity index (χ4v) is 3.58. The molecule has 0 radical (unpaired) electrons. The number of anilines is 1. The molecule has 0 saturated carbocycles. The largest absolute Gasteiger partial charge is 0.322 e. The minimum Gasteiger partial charge on any atom is -0.322 e. The Morgan fingerprint density at radius 3 is 2.47 bits per heavy atom. The highest BCUT2D eigenvalue weighted by molar-refractivity contribution is 6.13. The molecule has 4 rings (SSSR count). The standard InChI is InChI=1S/C26H25N3O/c1-4-17(2)19-8-10-21(11-9-19)28-26(30)23-16-24(20-12-14-27-15-13-20)29-25-18(3)6-5-7-22(23)25/h5-17H,4H2,1-3H3,(H,28,30). The number of carbonyl (C=O) groups excluding carboxylic acids is 1. The van der Waals surface area contributed by atoms with E-state index >= 15 is 0 Å². The molecule has 2 heterocycles. The van der Waals surface area contributed by atoms with Gasteiger partial charge in [0, 0.05) is 29.0 Å². The van der Waals surface area contributed by atoms with Crippen molar-refractivity contribution in [3.63, 3.8) is 0 Å². The van der Waals surface area contributed by atoms with Crippen molar-refractivity contribution in [2.45, 2.75) is 33.1 Å². The first-order valence-electron chi connectivity index (χ1n) is 10.3. The van der Waals surface area contributed by atoms with Crippen LogP contribution in [0.25, 0.3) is 22.2 Å². The van der Waals surface area contributed by atoms with Crippen molar-refractivity contribution in [1.29, 1.82) is 0 Å². The van der Waals surface area contributed by atoms with Crippen molar-refractivity contribution in [1.82, 2.24) is 9.97 Å². The van der Waals surface area contributed by atoms with E-state index < -0.39 is 0 Å². The molecule has 0 aliphatic rings. The highest BCUT2D eigenvalue weighted by Crippen LogP contribution is 2.27. The lowest BCUT2D eigenvalue weighted by atomic mass is 9.98. The van der Waals surface area contributed by atoms with Crippen LogP contribution in [0.15, 0.2) is 73.1 Å². The van der Waals surface area contributed by atoms with Gasteiger partial charge in [0.05, 0.1) is 16.8 Å². The molecule has 150 valence electrons. The van der Waals surface area contributed by atoms with Crippen molar-refractivity contribution >= 4 is 22.5 Å². The highest BCUT2D eigenvalue weighted by atomic mass is 16.1. The Morgan fingerprint density at radius 2 is 1.77 bits per heavy atom. The van der Waals surface area contributed by atoms with Crippen molar-refractivity contribution in [3.8, 4) is 11.3 Å². The molecule has 4 heteroatoms. The van der Waals surface area contributed by atoms with Crippen LogP contribution < -0.4 is 5.32 Å². The maximum Gasteiger partial charge on any atom is 0.256 e. The smallest absolute Gasteiger partial charge is 0.256 e. The highest BCUT2D eigenvalue weighted by Gasteiger charge is 2.15. The number of para-hydroxylation sites is 1. The molecule has 2 aromatic carbocycles. The lowest BCUT2D eigenvalue weighted by Crippen LogP contribution is -2.13. The third kappa shape index (κ3) is 3.94. The maximum atomic E-state index is 13.2. The number of aromatic nitrogens is 2. The first kappa shape index (κ1) is 19.8. The summed E-state index contributed by atoms with van der Waals surface area (Å²) < 4.78 is 0. The van der Waals surface area contributed by atoms with Crippen LogP contribution in [0.3, 0.4) is 0 Å². The summed E-state index contributed by atoms with van der Waals surface area (Å²) in [6.45, 7) is 6.40. The lowest BCUT2D eigenvalue weighted by molar-refractivity contribution is 0.102. The summed E-state index contributed by atoms with van der Waals surface area (Å²) in [5.41, 5.74) is 6.25. The molecule has 0 fully saturated rings. The summed E-state index contributed by atoms with van der Waals surface area (Å²) in [7, 11) is 0. The summed E-state index contributed by atoms with van der Waals surface area (Å²) in [6.07, 6.45) is 4.56. The van der Waals surface area contributed by atoms with Crippen LogP contribution in [0.4, 0.5) is 5.69 Å². The molecule has 1 unspecified atom stereocenters. The van der Waals surface area contributed by atoms with Crippen LogP contribution in [0.5, 0.6) is 0 Å². The number of nitrogens with zero attached hydrogens (tertiary/aromatic N) is 2. The second-order valence-electron chi connectivity index (χ2n) is 7.65. The molecule has 0 saturated heterocycles. The predicted molar refractivity (Wildman–Crippen MR) is 123 cm³/mol. The second kappa shape index (κ2) is 8.46. The van der Waals surface area contributed by atoms with Gasteiger partial charge < -0.3 is 5.32 Å². The average molecular weight is 396 g/mol. The first-order valence-corrected chi connectivity index (χ1v) is 10.3. The third-order valence-corrected chi connectivity index (χ3v) is 5.61. The number of fused-ring (bicyclic) bond motifs is 1. The van der Waals surface area contributed by atoms with Crippen molar-refractivity contribution in [3.05, 3.63) is 89.7 Å². The van der Waals surface area contributed by atoms with E-state index in [1.54, 1.807) is 12.4 Å². The van der Waals surface area contributed by atoms with Crippen molar-refractivity contribution in [2.24, 2.45) is 0 Å². The van der Waals surface area contributed by atoms with E-state index in [4.69, 9.17) is 4.98 Å². The third-order valence-electron chi connectivity index (χ3n) is 5.61. The number of rotatable bonds is 5. The maximum absolute atomic E-state index is 13.2. The van der Waals surface area contributed by atoms with Crippen LogP contribution in [0, 0.1) is 6.92 Å². The molecular formula is C26H25N3O. The molecule has 30 heavy (non-hydrogen) atoms. The van der Waals surface area contributed by atoms with Crippen molar-refractivity contribution in [2.75, 3.05) is 5.32 Å². The molecule has 4 nitrogen and oxygen atoms in total. The molecule has 1 amide bonds. The lowest BCUT2D eigenvalue weighted by Gasteiger charge is -2.13. The Balaban J connectivity index is 1.73. The van der Waals surface area contributed by atoms with Gasteiger partial charge in [-0.05, 0) is 60.7 Å². The Bertz CT molecular complexity index is 1180. The summed E-state index contributed by atoms with van der Waals surface area (Å²) in [6, 6.07) is 19.7.